The van der Waals surface area contributed by atoms with Gasteiger partial charge in [0, 0.05) is 17.4 Å². The molecule has 0 unspecified atom stereocenters. The molecule has 4 rings (SSSR count). The predicted molar refractivity (Wildman–Crippen MR) is 197 cm³/mol. The van der Waals surface area contributed by atoms with Crippen LogP contribution in [0.15, 0.2) is 97.1 Å². The molecule has 4 aromatic rings. The van der Waals surface area contributed by atoms with Crippen LogP contribution in [-0.4, -0.2) is 42.6 Å². The minimum absolute atomic E-state index is 0.123. The van der Waals surface area contributed by atoms with Crippen LogP contribution in [0.2, 0.25) is 0 Å². The van der Waals surface area contributed by atoms with Gasteiger partial charge in [-0.25, -0.2) is 4.79 Å². The van der Waals surface area contributed by atoms with E-state index in [-0.39, 0.29) is 19.8 Å². The Hall–Kier alpha value is -4.19. The van der Waals surface area contributed by atoms with E-state index >= 15 is 0 Å². The van der Waals surface area contributed by atoms with E-state index in [0.717, 1.165) is 29.5 Å². The van der Waals surface area contributed by atoms with Gasteiger partial charge in [0.2, 0.25) is 0 Å². The van der Waals surface area contributed by atoms with Gasteiger partial charge in [0.1, 0.15) is 5.75 Å². The highest BCUT2D eigenvalue weighted by atomic mass is 16.5. The number of rotatable bonds is 18. The highest BCUT2D eigenvalue weighted by Gasteiger charge is 2.22. The number of carbonyl (C=O) groups excluding carboxylic acids is 1. The van der Waals surface area contributed by atoms with E-state index in [1.807, 2.05) is 13.0 Å². The molecule has 0 spiro atoms. The Balaban J connectivity index is 1.54. The summed E-state index contributed by atoms with van der Waals surface area (Å²) in [6, 6.07) is 30.6. The summed E-state index contributed by atoms with van der Waals surface area (Å²) < 4.78 is 11.6. The second-order valence-electron chi connectivity index (χ2n) is 13.2. The number of hydrogen-bond acceptors (Lipinski definition) is 5. The van der Waals surface area contributed by atoms with Crippen LogP contribution >= 0.6 is 0 Å². The van der Waals surface area contributed by atoms with Crippen LogP contribution in [0.5, 0.6) is 5.75 Å². The third-order valence-corrected chi connectivity index (χ3v) is 9.11. The number of benzene rings is 4. The number of carbonyl (C=O) groups is 1. The van der Waals surface area contributed by atoms with Crippen LogP contribution in [0.25, 0.3) is 33.4 Å². The topological polar surface area (TPSA) is 76.0 Å². The second kappa shape index (κ2) is 17.8. The van der Waals surface area contributed by atoms with Gasteiger partial charge < -0.3 is 19.7 Å². The maximum Gasteiger partial charge on any atom is 0.333 e. The summed E-state index contributed by atoms with van der Waals surface area (Å²) in [6.45, 7) is 11.8. The van der Waals surface area contributed by atoms with Gasteiger partial charge in [-0.1, -0.05) is 113 Å². The molecule has 0 heterocycles. The average Bonchev–Trinajstić information content (AvgIpc) is 3.12. The average molecular weight is 649 g/mol. The zero-order valence-corrected chi connectivity index (χ0v) is 29.2. The molecule has 0 fully saturated rings. The largest absolute Gasteiger partial charge is 0.493 e. The van der Waals surface area contributed by atoms with E-state index in [1.165, 1.54) is 52.6 Å². The Labute approximate surface area is 287 Å². The van der Waals surface area contributed by atoms with E-state index in [0.29, 0.717) is 30.8 Å². The minimum atomic E-state index is -0.617. The van der Waals surface area contributed by atoms with Gasteiger partial charge in [0.15, 0.2) is 0 Å². The number of aliphatic hydroxyl groups excluding tert-OH is 2. The van der Waals surface area contributed by atoms with Crippen molar-refractivity contribution in [2.45, 2.75) is 72.6 Å². The molecule has 0 saturated carbocycles. The molecule has 0 radical (unpaired) electrons. The van der Waals surface area contributed by atoms with Crippen molar-refractivity contribution in [3.63, 3.8) is 0 Å². The lowest BCUT2D eigenvalue weighted by Crippen LogP contribution is -2.28. The molecule has 0 amide bonds. The lowest BCUT2D eigenvalue weighted by molar-refractivity contribution is -0.138. The third kappa shape index (κ3) is 9.91. The molecule has 4 aromatic carbocycles. The van der Waals surface area contributed by atoms with Gasteiger partial charge in [-0.3, -0.25) is 0 Å². The van der Waals surface area contributed by atoms with Crippen LogP contribution in [0.3, 0.4) is 0 Å². The van der Waals surface area contributed by atoms with E-state index < -0.39 is 11.4 Å². The summed E-state index contributed by atoms with van der Waals surface area (Å²) in [7, 11) is 0. The fraction of sp³-hybridized carbons (Fsp3) is 0.372. The maximum absolute atomic E-state index is 12.0. The second-order valence-corrected chi connectivity index (χ2v) is 13.2. The number of esters is 1. The summed E-state index contributed by atoms with van der Waals surface area (Å²) in [5.74, 6) is 0.284. The number of unbranched alkanes of at least 4 members (excludes halogenated alkanes) is 2. The lowest BCUT2D eigenvalue weighted by Gasteiger charge is -2.24. The van der Waals surface area contributed by atoms with E-state index in [1.54, 1.807) is 6.92 Å². The molecule has 0 saturated heterocycles. The monoisotopic (exact) mass is 648 g/mol. The molecule has 0 bridgehead atoms. The Morgan fingerprint density at radius 1 is 0.729 bits per heavy atom. The first kappa shape index (κ1) is 36.6. The van der Waals surface area contributed by atoms with Gasteiger partial charge in [0.05, 0.1) is 26.4 Å². The van der Waals surface area contributed by atoms with Crippen LogP contribution in [0, 0.1) is 5.41 Å². The Kier molecular flexibility index (Phi) is 13.6. The molecule has 254 valence electrons. The molecule has 0 aliphatic carbocycles. The Bertz CT molecular complexity index is 1630. The first-order chi connectivity index (χ1) is 23.2. The zero-order valence-electron chi connectivity index (χ0n) is 29.2. The van der Waals surface area contributed by atoms with Crippen molar-refractivity contribution in [3.05, 3.63) is 114 Å². The number of hydrogen-bond donors (Lipinski definition) is 2. The van der Waals surface area contributed by atoms with Crippen molar-refractivity contribution in [3.8, 4) is 39.1 Å². The maximum atomic E-state index is 12.0. The highest BCUT2D eigenvalue weighted by Crippen LogP contribution is 2.34. The predicted octanol–water partition coefficient (Wildman–Crippen LogP) is 9.40. The van der Waals surface area contributed by atoms with Gasteiger partial charge in [0.25, 0.3) is 0 Å². The van der Waals surface area contributed by atoms with Crippen molar-refractivity contribution < 1.29 is 24.5 Å². The van der Waals surface area contributed by atoms with E-state index in [4.69, 9.17) is 9.47 Å². The zero-order chi connectivity index (χ0) is 34.5. The lowest BCUT2D eigenvalue weighted by atomic mass is 9.89. The Morgan fingerprint density at radius 2 is 1.31 bits per heavy atom. The molecule has 0 atom stereocenters. The third-order valence-electron chi connectivity index (χ3n) is 9.11. The number of aliphatic hydroxyl groups is 2. The van der Waals surface area contributed by atoms with Gasteiger partial charge in [-0.15, -0.1) is 0 Å². The summed E-state index contributed by atoms with van der Waals surface area (Å²) in [4.78, 5) is 12.0. The summed E-state index contributed by atoms with van der Waals surface area (Å²) in [5.41, 5.74) is 10.3. The quantitative estimate of drug-likeness (QED) is 0.0639. The van der Waals surface area contributed by atoms with Crippen LogP contribution in [0.1, 0.15) is 70.1 Å². The summed E-state index contributed by atoms with van der Waals surface area (Å²) in [6.07, 6.45) is 6.76. The van der Waals surface area contributed by atoms with Crippen molar-refractivity contribution in [1.29, 1.82) is 0 Å². The number of aryl methyl sites for hydroxylation is 2. The van der Waals surface area contributed by atoms with Crippen molar-refractivity contribution >= 4 is 5.97 Å². The molecule has 0 aliphatic heterocycles. The molecule has 5 nitrogen and oxygen atoms in total. The van der Waals surface area contributed by atoms with Crippen LogP contribution < -0.4 is 4.74 Å². The van der Waals surface area contributed by atoms with Crippen molar-refractivity contribution in [1.82, 2.24) is 0 Å². The fourth-order valence-electron chi connectivity index (χ4n) is 5.72. The van der Waals surface area contributed by atoms with Crippen molar-refractivity contribution in [2.75, 3.05) is 26.4 Å². The first-order valence-electron chi connectivity index (χ1n) is 17.3. The SMILES string of the molecule is C=C(C)C(=O)OCCc1cc(-c2ccc(-c3ccc(-c4ccc(CCCCC)cc4)cc3)cc2CC)ccc1OCCC(C)(CO)CO. The van der Waals surface area contributed by atoms with E-state index in [2.05, 4.69) is 99.3 Å². The molecule has 48 heavy (non-hydrogen) atoms. The summed E-state index contributed by atoms with van der Waals surface area (Å²) in [5, 5.41) is 19.4. The first-order valence-corrected chi connectivity index (χ1v) is 17.3. The van der Waals surface area contributed by atoms with Crippen molar-refractivity contribution in [2.24, 2.45) is 5.41 Å². The highest BCUT2D eigenvalue weighted by molar-refractivity contribution is 5.87. The smallest absolute Gasteiger partial charge is 0.333 e. The fourth-order valence-corrected chi connectivity index (χ4v) is 5.72. The summed E-state index contributed by atoms with van der Waals surface area (Å²) >= 11 is 0. The van der Waals surface area contributed by atoms with Gasteiger partial charge in [-0.05, 0) is 94.8 Å². The molecule has 2 N–H and O–H groups in total. The minimum Gasteiger partial charge on any atom is -0.493 e. The van der Waals surface area contributed by atoms with Gasteiger partial charge >= 0.3 is 5.97 Å². The van der Waals surface area contributed by atoms with Crippen LogP contribution in [0.4, 0.5) is 0 Å². The molecule has 5 heteroatoms. The van der Waals surface area contributed by atoms with Crippen LogP contribution in [-0.2, 0) is 28.8 Å². The Morgan fingerprint density at radius 3 is 1.92 bits per heavy atom. The molecule has 0 aromatic heterocycles. The molecular weight excluding hydrogens is 596 g/mol. The van der Waals surface area contributed by atoms with Gasteiger partial charge in [-0.2, -0.15) is 0 Å². The normalized spacial score (nSPS) is 11.4. The molecular formula is C43H52O5. The standard InChI is InChI=1S/C43H52O5/c1-6-8-9-10-32-11-13-34(14-12-32)35-15-17-36(18-16-35)37-19-21-40(33(7-2)27-37)38-20-22-41(47-26-24-43(5,29-44)30-45)39(28-38)23-25-48-42(46)31(3)4/h11-22,27-28,44-45H,3,6-10,23-26,29-30H2,1-2,4-5H3. The molecule has 0 aliphatic rings. The van der Waals surface area contributed by atoms with E-state index in [9.17, 15) is 15.0 Å². The number of ether oxygens (including phenoxy) is 2.